The van der Waals surface area contributed by atoms with Gasteiger partial charge in [0.25, 0.3) is 0 Å². The Morgan fingerprint density at radius 2 is 2.00 bits per heavy atom. The fourth-order valence-electron chi connectivity index (χ4n) is 1.63. The first-order chi connectivity index (χ1) is 7.70. The smallest absolute Gasteiger partial charge is 0.157 e. The lowest BCUT2D eigenvalue weighted by Gasteiger charge is -2.15. The molecule has 92 valence electrons. The van der Waals surface area contributed by atoms with Crippen LogP contribution in [0.25, 0.3) is 0 Å². The summed E-state index contributed by atoms with van der Waals surface area (Å²) in [7, 11) is 0. The van der Waals surface area contributed by atoms with Gasteiger partial charge >= 0.3 is 0 Å². The summed E-state index contributed by atoms with van der Waals surface area (Å²) < 4.78 is 5.70. The van der Waals surface area contributed by atoms with Gasteiger partial charge in [0, 0.05) is 6.54 Å². The van der Waals surface area contributed by atoms with Gasteiger partial charge in [0.15, 0.2) is 5.75 Å². The average Bonchev–Trinajstić information content (AvgIpc) is 2.75. The van der Waals surface area contributed by atoms with E-state index in [1.807, 2.05) is 6.07 Å². The molecule has 2 rings (SSSR count). The summed E-state index contributed by atoms with van der Waals surface area (Å²) in [5.74, 6) is 0.469. The summed E-state index contributed by atoms with van der Waals surface area (Å²) in [5, 5.41) is 12.7. The largest absolute Gasteiger partial charge is 0.486 e. The molecule has 1 atom stereocenters. The third kappa shape index (κ3) is 3.40. The summed E-state index contributed by atoms with van der Waals surface area (Å²) in [4.78, 5) is 0. The molecule has 1 heterocycles. The minimum atomic E-state index is 0. The molecular formula is C11H11Cl3N2O. The number of ether oxygens (including phenoxy) is 1. The molecule has 1 aromatic carbocycles. The third-order valence-corrected chi connectivity index (χ3v) is 2.99. The molecule has 1 fully saturated rings. The van der Waals surface area contributed by atoms with Crippen molar-refractivity contribution in [2.24, 2.45) is 0 Å². The highest BCUT2D eigenvalue weighted by Crippen LogP contribution is 2.35. The van der Waals surface area contributed by atoms with E-state index in [0.717, 1.165) is 19.5 Å². The van der Waals surface area contributed by atoms with E-state index in [0.29, 0.717) is 21.4 Å². The lowest BCUT2D eigenvalue weighted by molar-refractivity contribution is 0.223. The first kappa shape index (κ1) is 14.4. The Balaban J connectivity index is 0.00000144. The Hall–Kier alpha value is -0.660. The first-order valence-electron chi connectivity index (χ1n) is 4.97. The van der Waals surface area contributed by atoms with Crippen LogP contribution in [0.15, 0.2) is 12.1 Å². The number of nitrogens with one attached hydrogen (secondary N) is 1. The summed E-state index contributed by atoms with van der Waals surface area (Å²) >= 11 is 12.0. The van der Waals surface area contributed by atoms with Crippen molar-refractivity contribution in [2.75, 3.05) is 13.1 Å². The van der Waals surface area contributed by atoms with Crippen LogP contribution >= 0.6 is 35.6 Å². The van der Waals surface area contributed by atoms with Gasteiger partial charge in [-0.2, -0.15) is 5.26 Å². The van der Waals surface area contributed by atoms with Gasteiger partial charge < -0.3 is 10.1 Å². The van der Waals surface area contributed by atoms with Gasteiger partial charge in [0.05, 0.1) is 21.7 Å². The number of hydrogen-bond acceptors (Lipinski definition) is 3. The lowest BCUT2D eigenvalue weighted by atomic mass is 10.2. The molecule has 6 heteroatoms. The van der Waals surface area contributed by atoms with Gasteiger partial charge in [-0.15, -0.1) is 12.4 Å². The lowest BCUT2D eigenvalue weighted by Crippen LogP contribution is -2.19. The standard InChI is InChI=1S/C11H10Cl2N2O.ClH/c12-9-3-7(5-14)4-10(13)11(9)16-8-1-2-15-6-8;/h3-4,8,15H,1-2,6H2;1H. The van der Waals surface area contributed by atoms with Crippen molar-refractivity contribution in [3.63, 3.8) is 0 Å². The van der Waals surface area contributed by atoms with Crippen molar-refractivity contribution >= 4 is 35.6 Å². The number of nitriles is 1. The summed E-state index contributed by atoms with van der Waals surface area (Å²) in [6.45, 7) is 1.74. The SMILES string of the molecule is Cl.N#Cc1cc(Cl)c(OC2CCNC2)c(Cl)c1. The molecule has 1 N–H and O–H groups in total. The Kier molecular flexibility index (Phi) is 5.35. The predicted molar refractivity (Wildman–Crippen MR) is 70.3 cm³/mol. The fraction of sp³-hybridized carbons (Fsp3) is 0.364. The van der Waals surface area contributed by atoms with Crippen molar-refractivity contribution in [3.8, 4) is 11.8 Å². The number of rotatable bonds is 2. The van der Waals surface area contributed by atoms with E-state index in [9.17, 15) is 0 Å². The molecule has 0 amide bonds. The van der Waals surface area contributed by atoms with Gasteiger partial charge in [0.2, 0.25) is 0 Å². The molecule has 1 unspecified atom stereocenters. The van der Waals surface area contributed by atoms with Crippen LogP contribution in [0.1, 0.15) is 12.0 Å². The maximum absolute atomic E-state index is 8.74. The molecule has 0 spiro atoms. The monoisotopic (exact) mass is 292 g/mol. The van der Waals surface area contributed by atoms with Crippen molar-refractivity contribution in [1.82, 2.24) is 5.32 Å². The minimum absolute atomic E-state index is 0. The van der Waals surface area contributed by atoms with E-state index in [-0.39, 0.29) is 18.5 Å². The Morgan fingerprint density at radius 3 is 2.47 bits per heavy atom. The Bertz CT molecular complexity index is 416. The Labute approximate surface area is 116 Å². The molecule has 1 aliphatic rings. The van der Waals surface area contributed by atoms with Crippen LogP contribution in [0.4, 0.5) is 0 Å². The van der Waals surface area contributed by atoms with E-state index in [4.69, 9.17) is 33.2 Å². The number of hydrogen-bond donors (Lipinski definition) is 1. The van der Waals surface area contributed by atoms with E-state index < -0.39 is 0 Å². The zero-order valence-corrected chi connectivity index (χ0v) is 11.2. The normalized spacial score (nSPS) is 18.3. The second kappa shape index (κ2) is 6.32. The highest BCUT2D eigenvalue weighted by atomic mass is 35.5. The molecule has 0 aromatic heterocycles. The highest BCUT2D eigenvalue weighted by Gasteiger charge is 2.19. The van der Waals surface area contributed by atoms with Crippen LogP contribution < -0.4 is 10.1 Å². The molecule has 0 saturated carbocycles. The van der Waals surface area contributed by atoms with Gasteiger partial charge in [-0.05, 0) is 25.1 Å². The molecule has 0 bridgehead atoms. The maximum Gasteiger partial charge on any atom is 0.157 e. The molecule has 1 aromatic rings. The van der Waals surface area contributed by atoms with Crippen LogP contribution in [-0.4, -0.2) is 19.2 Å². The molecule has 0 radical (unpaired) electrons. The summed E-state index contributed by atoms with van der Waals surface area (Å²) in [6, 6.07) is 5.11. The fourth-order valence-corrected chi connectivity index (χ4v) is 2.21. The van der Waals surface area contributed by atoms with Crippen LogP contribution in [0.3, 0.4) is 0 Å². The first-order valence-corrected chi connectivity index (χ1v) is 5.73. The van der Waals surface area contributed by atoms with Crippen molar-refractivity contribution in [1.29, 1.82) is 5.26 Å². The van der Waals surface area contributed by atoms with Crippen LogP contribution in [-0.2, 0) is 0 Å². The van der Waals surface area contributed by atoms with E-state index in [1.165, 1.54) is 0 Å². The molecule has 1 aliphatic heterocycles. The summed E-state index contributed by atoms with van der Waals surface area (Å²) in [6.07, 6.45) is 1.04. The van der Waals surface area contributed by atoms with Crippen molar-refractivity contribution < 1.29 is 4.74 Å². The number of nitrogens with zero attached hydrogens (tertiary/aromatic N) is 1. The maximum atomic E-state index is 8.74. The Morgan fingerprint density at radius 1 is 1.35 bits per heavy atom. The van der Waals surface area contributed by atoms with Crippen molar-refractivity contribution in [2.45, 2.75) is 12.5 Å². The topological polar surface area (TPSA) is 45.0 Å². The van der Waals surface area contributed by atoms with E-state index in [1.54, 1.807) is 12.1 Å². The summed E-state index contributed by atoms with van der Waals surface area (Å²) in [5.41, 5.74) is 0.437. The molecular weight excluding hydrogens is 282 g/mol. The average molecular weight is 294 g/mol. The number of halogens is 3. The second-order valence-electron chi connectivity index (χ2n) is 3.61. The minimum Gasteiger partial charge on any atom is -0.486 e. The second-order valence-corrected chi connectivity index (χ2v) is 4.43. The zero-order chi connectivity index (χ0) is 11.5. The highest BCUT2D eigenvalue weighted by molar-refractivity contribution is 6.37. The quantitative estimate of drug-likeness (QED) is 0.911. The van der Waals surface area contributed by atoms with Crippen LogP contribution in [0, 0.1) is 11.3 Å². The molecule has 3 nitrogen and oxygen atoms in total. The van der Waals surface area contributed by atoms with Gasteiger partial charge in [0.1, 0.15) is 6.10 Å². The predicted octanol–water partition coefficient (Wildman–Crippen LogP) is 3.03. The molecule has 1 saturated heterocycles. The van der Waals surface area contributed by atoms with E-state index >= 15 is 0 Å². The van der Waals surface area contributed by atoms with Gasteiger partial charge in [-0.1, -0.05) is 23.2 Å². The van der Waals surface area contributed by atoms with E-state index in [2.05, 4.69) is 5.32 Å². The zero-order valence-electron chi connectivity index (χ0n) is 8.87. The van der Waals surface area contributed by atoms with Crippen molar-refractivity contribution in [3.05, 3.63) is 27.7 Å². The van der Waals surface area contributed by atoms with Gasteiger partial charge in [-0.3, -0.25) is 0 Å². The molecule has 17 heavy (non-hydrogen) atoms. The van der Waals surface area contributed by atoms with Crippen LogP contribution in [0.5, 0.6) is 5.75 Å². The molecule has 0 aliphatic carbocycles. The van der Waals surface area contributed by atoms with Crippen LogP contribution in [0.2, 0.25) is 10.0 Å². The van der Waals surface area contributed by atoms with Gasteiger partial charge in [-0.25, -0.2) is 0 Å². The number of benzene rings is 1. The third-order valence-electron chi connectivity index (χ3n) is 2.43.